The lowest BCUT2D eigenvalue weighted by Gasteiger charge is -2.28. The molecule has 158 valence electrons. The van der Waals surface area contributed by atoms with Crippen molar-refractivity contribution in [3.63, 3.8) is 0 Å². The van der Waals surface area contributed by atoms with Crippen LogP contribution in [0.15, 0.2) is 47.0 Å². The van der Waals surface area contributed by atoms with Crippen LogP contribution in [0.4, 0.5) is 11.4 Å². The van der Waals surface area contributed by atoms with Crippen LogP contribution in [-0.2, 0) is 9.59 Å². The van der Waals surface area contributed by atoms with E-state index in [0.717, 1.165) is 16.8 Å². The Labute approximate surface area is 179 Å². The van der Waals surface area contributed by atoms with Gasteiger partial charge in [-0.2, -0.15) is 4.98 Å². The average molecular weight is 418 g/mol. The number of ether oxygens (including phenoxy) is 1. The van der Waals surface area contributed by atoms with Crippen LogP contribution in [0.25, 0.3) is 11.4 Å². The van der Waals surface area contributed by atoms with Crippen molar-refractivity contribution >= 4 is 23.2 Å². The highest BCUT2D eigenvalue weighted by molar-refractivity contribution is 5.98. The average Bonchev–Trinajstić information content (AvgIpc) is 3.41. The van der Waals surface area contributed by atoms with Crippen molar-refractivity contribution in [3.05, 3.63) is 53.9 Å². The molecule has 3 heterocycles. The SMILES string of the molecule is CCN1C(=O)COc2ccc(-c3noc([C@@H]4CC(=O)N(c5ccc(C)cc5)C4)n3)cc21. The van der Waals surface area contributed by atoms with Gasteiger partial charge in [0.25, 0.3) is 5.91 Å². The molecule has 8 heteroatoms. The molecule has 0 aliphatic carbocycles. The molecule has 1 fully saturated rings. The number of hydrogen-bond acceptors (Lipinski definition) is 6. The normalized spacial score (nSPS) is 18.3. The topological polar surface area (TPSA) is 88.8 Å². The molecule has 3 aromatic rings. The maximum Gasteiger partial charge on any atom is 0.265 e. The standard InChI is InChI=1S/C23H22N4O4/c1-3-26-18-10-15(6-9-19(18)30-13-21(26)29)22-24-23(31-25-22)16-11-20(28)27(12-16)17-7-4-14(2)5-8-17/h4-10,16H,3,11-13H2,1-2H3/t16-/m1/s1. The highest BCUT2D eigenvalue weighted by Crippen LogP contribution is 2.36. The molecule has 0 unspecified atom stereocenters. The number of amides is 2. The van der Waals surface area contributed by atoms with E-state index in [-0.39, 0.29) is 24.3 Å². The molecule has 2 aliphatic rings. The predicted octanol–water partition coefficient (Wildman–Crippen LogP) is 3.31. The van der Waals surface area contributed by atoms with E-state index in [4.69, 9.17) is 9.26 Å². The molecule has 2 amide bonds. The number of likely N-dealkylation sites (N-methyl/N-ethyl adjacent to an activating group) is 1. The number of nitrogens with zero attached hydrogens (tertiary/aromatic N) is 4. The Hall–Kier alpha value is -3.68. The number of fused-ring (bicyclic) bond motifs is 1. The van der Waals surface area contributed by atoms with Gasteiger partial charge in [-0.05, 0) is 44.2 Å². The third kappa shape index (κ3) is 3.43. The summed E-state index contributed by atoms with van der Waals surface area (Å²) in [5.41, 5.74) is 3.44. The zero-order valence-electron chi connectivity index (χ0n) is 17.4. The Kier molecular flexibility index (Phi) is 4.69. The maximum atomic E-state index is 12.6. The minimum atomic E-state index is -0.162. The van der Waals surface area contributed by atoms with Gasteiger partial charge in [0.05, 0.1) is 11.6 Å². The number of benzene rings is 2. The summed E-state index contributed by atoms with van der Waals surface area (Å²) in [5.74, 6) is 1.32. The number of carbonyl (C=O) groups excluding carboxylic acids is 2. The number of rotatable bonds is 4. The second-order valence-electron chi connectivity index (χ2n) is 7.81. The third-order valence-corrected chi connectivity index (χ3v) is 5.74. The first-order valence-electron chi connectivity index (χ1n) is 10.3. The van der Waals surface area contributed by atoms with E-state index in [1.807, 2.05) is 56.3 Å². The predicted molar refractivity (Wildman–Crippen MR) is 114 cm³/mol. The molecular weight excluding hydrogens is 396 g/mol. The minimum Gasteiger partial charge on any atom is -0.482 e. The molecule has 0 bridgehead atoms. The zero-order chi connectivity index (χ0) is 21.5. The fourth-order valence-electron chi connectivity index (χ4n) is 4.05. The summed E-state index contributed by atoms with van der Waals surface area (Å²) in [5, 5.41) is 4.12. The van der Waals surface area contributed by atoms with Crippen LogP contribution in [0, 0.1) is 6.92 Å². The molecule has 0 radical (unpaired) electrons. The molecule has 5 rings (SSSR count). The van der Waals surface area contributed by atoms with Gasteiger partial charge >= 0.3 is 0 Å². The van der Waals surface area contributed by atoms with Gasteiger partial charge in [0.1, 0.15) is 5.75 Å². The summed E-state index contributed by atoms with van der Waals surface area (Å²) in [6.07, 6.45) is 0.325. The van der Waals surface area contributed by atoms with E-state index in [0.29, 0.717) is 42.7 Å². The molecule has 2 aromatic carbocycles. The van der Waals surface area contributed by atoms with Crippen molar-refractivity contribution in [2.45, 2.75) is 26.2 Å². The Morgan fingerprint density at radius 3 is 2.68 bits per heavy atom. The van der Waals surface area contributed by atoms with Crippen molar-refractivity contribution in [3.8, 4) is 17.1 Å². The van der Waals surface area contributed by atoms with Gasteiger partial charge in [-0.3, -0.25) is 9.59 Å². The molecule has 2 aliphatic heterocycles. The van der Waals surface area contributed by atoms with E-state index in [9.17, 15) is 9.59 Å². The molecule has 0 saturated carbocycles. The van der Waals surface area contributed by atoms with E-state index in [2.05, 4.69) is 10.1 Å². The van der Waals surface area contributed by atoms with Gasteiger partial charge in [-0.15, -0.1) is 0 Å². The highest BCUT2D eigenvalue weighted by Gasteiger charge is 2.35. The Balaban J connectivity index is 1.38. The fraction of sp³-hybridized carbons (Fsp3) is 0.304. The summed E-state index contributed by atoms with van der Waals surface area (Å²) >= 11 is 0. The molecule has 1 aromatic heterocycles. The first-order chi connectivity index (χ1) is 15.0. The molecule has 1 saturated heterocycles. The monoisotopic (exact) mass is 418 g/mol. The van der Waals surface area contributed by atoms with Crippen LogP contribution in [-0.4, -0.2) is 41.7 Å². The molecule has 0 spiro atoms. The van der Waals surface area contributed by atoms with Gasteiger partial charge in [0, 0.05) is 30.8 Å². The van der Waals surface area contributed by atoms with Crippen LogP contribution < -0.4 is 14.5 Å². The van der Waals surface area contributed by atoms with Crippen molar-refractivity contribution in [1.29, 1.82) is 0 Å². The number of anilines is 2. The van der Waals surface area contributed by atoms with Gasteiger partial charge in [-0.1, -0.05) is 22.9 Å². The number of hydrogen-bond donors (Lipinski definition) is 0. The summed E-state index contributed by atoms with van der Waals surface area (Å²) in [7, 11) is 0. The Bertz CT molecular complexity index is 1150. The van der Waals surface area contributed by atoms with Crippen molar-refractivity contribution < 1.29 is 18.8 Å². The molecule has 8 nitrogen and oxygen atoms in total. The summed E-state index contributed by atoms with van der Waals surface area (Å²) in [6.45, 7) is 5.03. The van der Waals surface area contributed by atoms with E-state index < -0.39 is 0 Å². The summed E-state index contributed by atoms with van der Waals surface area (Å²) in [4.78, 5) is 32.7. The second-order valence-corrected chi connectivity index (χ2v) is 7.81. The summed E-state index contributed by atoms with van der Waals surface area (Å²) < 4.78 is 11.0. The number of aryl methyl sites for hydroxylation is 1. The largest absolute Gasteiger partial charge is 0.482 e. The zero-order valence-corrected chi connectivity index (χ0v) is 17.4. The van der Waals surface area contributed by atoms with Crippen LogP contribution in [0.5, 0.6) is 5.75 Å². The van der Waals surface area contributed by atoms with E-state index >= 15 is 0 Å². The van der Waals surface area contributed by atoms with Crippen LogP contribution >= 0.6 is 0 Å². The number of aromatic nitrogens is 2. The van der Waals surface area contributed by atoms with E-state index in [1.165, 1.54) is 0 Å². The van der Waals surface area contributed by atoms with Crippen molar-refractivity contribution in [2.24, 2.45) is 0 Å². The first kappa shape index (κ1) is 19.3. The summed E-state index contributed by atoms with van der Waals surface area (Å²) in [6, 6.07) is 13.4. The van der Waals surface area contributed by atoms with Crippen LogP contribution in [0.1, 0.15) is 30.7 Å². The van der Waals surface area contributed by atoms with Crippen LogP contribution in [0.3, 0.4) is 0 Å². The lowest BCUT2D eigenvalue weighted by molar-refractivity contribution is -0.121. The van der Waals surface area contributed by atoms with Crippen molar-refractivity contribution in [2.75, 3.05) is 29.5 Å². The first-order valence-corrected chi connectivity index (χ1v) is 10.3. The van der Waals surface area contributed by atoms with Crippen LogP contribution in [0.2, 0.25) is 0 Å². The van der Waals surface area contributed by atoms with Gasteiger partial charge in [0.15, 0.2) is 6.61 Å². The smallest absolute Gasteiger partial charge is 0.265 e. The quantitative estimate of drug-likeness (QED) is 0.646. The lowest BCUT2D eigenvalue weighted by atomic mass is 10.1. The molecule has 0 N–H and O–H groups in total. The Morgan fingerprint density at radius 1 is 1.10 bits per heavy atom. The Morgan fingerprint density at radius 2 is 1.90 bits per heavy atom. The molecular formula is C23H22N4O4. The van der Waals surface area contributed by atoms with Gasteiger partial charge in [0.2, 0.25) is 17.6 Å². The highest BCUT2D eigenvalue weighted by atomic mass is 16.5. The lowest BCUT2D eigenvalue weighted by Crippen LogP contribution is -2.38. The molecule has 1 atom stereocenters. The van der Waals surface area contributed by atoms with E-state index in [1.54, 1.807) is 9.80 Å². The maximum absolute atomic E-state index is 12.6. The number of carbonyl (C=O) groups is 2. The van der Waals surface area contributed by atoms with Crippen molar-refractivity contribution in [1.82, 2.24) is 10.1 Å². The van der Waals surface area contributed by atoms with Gasteiger partial charge in [-0.25, -0.2) is 0 Å². The fourth-order valence-corrected chi connectivity index (χ4v) is 4.05. The molecule has 31 heavy (non-hydrogen) atoms. The minimum absolute atomic E-state index is 0.0385. The third-order valence-electron chi connectivity index (χ3n) is 5.74. The van der Waals surface area contributed by atoms with Gasteiger partial charge < -0.3 is 19.1 Å². The second kappa shape index (κ2) is 7.54.